The third-order valence-corrected chi connectivity index (χ3v) is 3.90. The van der Waals surface area contributed by atoms with E-state index < -0.39 is 0 Å². The van der Waals surface area contributed by atoms with Crippen LogP contribution in [0.2, 0.25) is 0 Å². The Morgan fingerprint density at radius 1 is 1.17 bits per heavy atom. The molecule has 1 fully saturated rings. The summed E-state index contributed by atoms with van der Waals surface area (Å²) in [6, 6.07) is 11.1. The first-order valence-electron chi connectivity index (χ1n) is 7.99. The molecule has 5 heteroatoms. The molecule has 0 atom stereocenters. The van der Waals surface area contributed by atoms with E-state index in [2.05, 4.69) is 0 Å². The molecule has 3 rings (SSSR count). The van der Waals surface area contributed by atoms with Crippen LogP contribution < -0.4 is 9.47 Å². The highest BCUT2D eigenvalue weighted by atomic mass is 16.5. The Morgan fingerprint density at radius 3 is 2.57 bits per heavy atom. The van der Waals surface area contributed by atoms with Crippen LogP contribution >= 0.6 is 0 Å². The highest BCUT2D eigenvalue weighted by molar-refractivity contribution is 5.91. The van der Waals surface area contributed by atoms with E-state index in [1.54, 1.807) is 12.1 Å². The van der Waals surface area contributed by atoms with Crippen LogP contribution in [-0.2, 0) is 0 Å². The van der Waals surface area contributed by atoms with E-state index in [1.807, 2.05) is 36.1 Å². The van der Waals surface area contributed by atoms with Gasteiger partial charge >= 0.3 is 0 Å². The molecule has 1 saturated heterocycles. The summed E-state index contributed by atoms with van der Waals surface area (Å²) in [5, 5.41) is 0. The number of benzene rings is 1. The average molecular weight is 315 g/mol. The van der Waals surface area contributed by atoms with Gasteiger partial charge in [0.15, 0.2) is 17.3 Å². The van der Waals surface area contributed by atoms with Gasteiger partial charge in [0.1, 0.15) is 6.10 Å². The van der Waals surface area contributed by atoms with Crippen LogP contribution in [0.3, 0.4) is 0 Å². The molecule has 0 spiro atoms. The molecule has 2 heterocycles. The number of carbonyl (C=O) groups excluding carboxylic acids is 1. The van der Waals surface area contributed by atoms with Crippen molar-refractivity contribution in [2.24, 2.45) is 0 Å². The number of amides is 1. The Morgan fingerprint density at radius 2 is 1.91 bits per heavy atom. The number of nitrogens with zero attached hydrogens (tertiary/aromatic N) is 1. The van der Waals surface area contributed by atoms with Crippen molar-refractivity contribution < 1.29 is 18.7 Å². The Balaban J connectivity index is 1.56. The molecule has 122 valence electrons. The molecule has 0 bridgehead atoms. The predicted octanol–water partition coefficient (Wildman–Crippen LogP) is 3.36. The lowest BCUT2D eigenvalue weighted by molar-refractivity contribution is 0.0561. The van der Waals surface area contributed by atoms with Crippen molar-refractivity contribution in [2.45, 2.75) is 25.9 Å². The van der Waals surface area contributed by atoms with E-state index in [-0.39, 0.29) is 12.0 Å². The second-order valence-corrected chi connectivity index (χ2v) is 5.47. The largest absolute Gasteiger partial charge is 0.490 e. The van der Waals surface area contributed by atoms with E-state index in [1.165, 1.54) is 6.26 Å². The van der Waals surface area contributed by atoms with Crippen LogP contribution in [0.5, 0.6) is 11.5 Å². The molecule has 0 unspecified atom stereocenters. The SMILES string of the molecule is CCOc1ccccc1OC1CCN(C(=O)c2ccco2)CC1. The summed E-state index contributed by atoms with van der Waals surface area (Å²) in [6.45, 7) is 3.90. The van der Waals surface area contributed by atoms with Crippen LogP contribution in [-0.4, -0.2) is 36.6 Å². The van der Waals surface area contributed by atoms with Gasteiger partial charge in [-0.3, -0.25) is 4.79 Å². The molecule has 23 heavy (non-hydrogen) atoms. The van der Waals surface area contributed by atoms with E-state index >= 15 is 0 Å². The minimum absolute atomic E-state index is 0.0526. The summed E-state index contributed by atoms with van der Waals surface area (Å²) < 4.78 is 16.8. The van der Waals surface area contributed by atoms with E-state index in [4.69, 9.17) is 13.9 Å². The first-order valence-corrected chi connectivity index (χ1v) is 7.99. The molecule has 0 radical (unpaired) electrons. The number of para-hydroxylation sites is 2. The molecular weight excluding hydrogens is 294 g/mol. The Hall–Kier alpha value is -2.43. The number of piperidine rings is 1. The maximum absolute atomic E-state index is 12.2. The zero-order chi connectivity index (χ0) is 16.1. The van der Waals surface area contributed by atoms with Crippen LogP contribution in [0.15, 0.2) is 47.1 Å². The Bertz CT molecular complexity index is 630. The quantitative estimate of drug-likeness (QED) is 0.849. The summed E-state index contributed by atoms with van der Waals surface area (Å²) in [4.78, 5) is 14.0. The van der Waals surface area contributed by atoms with Crippen molar-refractivity contribution in [1.82, 2.24) is 4.90 Å². The lowest BCUT2D eigenvalue weighted by Gasteiger charge is -2.32. The normalized spacial score (nSPS) is 15.4. The molecule has 5 nitrogen and oxygen atoms in total. The number of carbonyl (C=O) groups is 1. The van der Waals surface area contributed by atoms with Gasteiger partial charge in [-0.25, -0.2) is 0 Å². The highest BCUT2D eigenvalue weighted by Crippen LogP contribution is 2.29. The summed E-state index contributed by atoms with van der Waals surface area (Å²) in [7, 11) is 0. The molecule has 1 aliphatic rings. The third-order valence-electron chi connectivity index (χ3n) is 3.90. The maximum atomic E-state index is 12.2. The van der Waals surface area contributed by atoms with Crippen LogP contribution in [0, 0.1) is 0 Å². The summed E-state index contributed by atoms with van der Waals surface area (Å²) >= 11 is 0. The number of hydrogen-bond acceptors (Lipinski definition) is 4. The lowest BCUT2D eigenvalue weighted by Crippen LogP contribution is -2.41. The topological polar surface area (TPSA) is 51.9 Å². The van der Waals surface area contributed by atoms with Crippen molar-refractivity contribution in [3.8, 4) is 11.5 Å². The molecule has 0 aliphatic carbocycles. The molecule has 1 aromatic heterocycles. The molecule has 1 aromatic carbocycles. The van der Waals surface area contributed by atoms with E-state index in [0.29, 0.717) is 25.5 Å². The first kappa shape index (κ1) is 15.5. The summed E-state index contributed by atoms with van der Waals surface area (Å²) in [5.74, 6) is 1.88. The molecule has 0 N–H and O–H groups in total. The standard InChI is InChI=1S/C18H21NO4/c1-2-21-15-6-3-4-7-16(15)23-14-9-11-19(12-10-14)18(20)17-8-5-13-22-17/h3-8,13-14H,2,9-12H2,1H3. The van der Waals surface area contributed by atoms with Gasteiger partial charge in [0.05, 0.1) is 12.9 Å². The van der Waals surface area contributed by atoms with Gasteiger partial charge in [-0.15, -0.1) is 0 Å². The molecule has 0 saturated carbocycles. The fraction of sp³-hybridized carbons (Fsp3) is 0.389. The van der Waals surface area contributed by atoms with Crippen LogP contribution in [0.1, 0.15) is 30.3 Å². The fourth-order valence-corrected chi connectivity index (χ4v) is 2.73. The predicted molar refractivity (Wildman–Crippen MR) is 85.9 cm³/mol. The van der Waals surface area contributed by atoms with Gasteiger partial charge in [-0.2, -0.15) is 0 Å². The molecule has 1 amide bonds. The van der Waals surface area contributed by atoms with Crippen molar-refractivity contribution in [3.63, 3.8) is 0 Å². The monoisotopic (exact) mass is 315 g/mol. The van der Waals surface area contributed by atoms with Crippen molar-refractivity contribution in [3.05, 3.63) is 48.4 Å². The van der Waals surface area contributed by atoms with Crippen LogP contribution in [0.25, 0.3) is 0 Å². The number of rotatable bonds is 5. The van der Waals surface area contributed by atoms with Gasteiger partial charge in [0.2, 0.25) is 0 Å². The fourth-order valence-electron chi connectivity index (χ4n) is 2.73. The van der Waals surface area contributed by atoms with Crippen LogP contribution in [0.4, 0.5) is 0 Å². The zero-order valence-corrected chi connectivity index (χ0v) is 13.2. The van der Waals surface area contributed by atoms with E-state index in [9.17, 15) is 4.79 Å². The second-order valence-electron chi connectivity index (χ2n) is 5.47. The minimum atomic E-state index is -0.0526. The van der Waals surface area contributed by atoms with Gasteiger partial charge in [0.25, 0.3) is 5.91 Å². The number of furan rings is 1. The average Bonchev–Trinajstić information content (AvgIpc) is 3.11. The molecule has 2 aromatic rings. The van der Waals surface area contributed by atoms with Crippen molar-refractivity contribution in [1.29, 1.82) is 0 Å². The minimum Gasteiger partial charge on any atom is -0.490 e. The Kier molecular flexibility index (Phi) is 4.86. The summed E-state index contributed by atoms with van der Waals surface area (Å²) in [6.07, 6.45) is 3.21. The highest BCUT2D eigenvalue weighted by Gasteiger charge is 2.26. The number of ether oxygens (including phenoxy) is 2. The van der Waals surface area contributed by atoms with Crippen molar-refractivity contribution in [2.75, 3.05) is 19.7 Å². The van der Waals surface area contributed by atoms with Gasteiger partial charge in [-0.05, 0) is 31.2 Å². The second kappa shape index (κ2) is 7.22. The third kappa shape index (κ3) is 3.67. The number of likely N-dealkylation sites (tertiary alicyclic amines) is 1. The first-order chi connectivity index (χ1) is 11.3. The molecule has 1 aliphatic heterocycles. The van der Waals surface area contributed by atoms with Gasteiger partial charge < -0.3 is 18.8 Å². The zero-order valence-electron chi connectivity index (χ0n) is 13.2. The maximum Gasteiger partial charge on any atom is 0.289 e. The molecular formula is C18H21NO4. The number of hydrogen-bond donors (Lipinski definition) is 0. The van der Waals surface area contributed by atoms with Crippen molar-refractivity contribution >= 4 is 5.91 Å². The van der Waals surface area contributed by atoms with Gasteiger partial charge in [0, 0.05) is 25.9 Å². The summed E-state index contributed by atoms with van der Waals surface area (Å²) in [5.41, 5.74) is 0. The Labute approximate surface area is 135 Å². The van der Waals surface area contributed by atoms with Gasteiger partial charge in [-0.1, -0.05) is 12.1 Å². The van der Waals surface area contributed by atoms with E-state index in [0.717, 1.165) is 24.3 Å². The smallest absolute Gasteiger partial charge is 0.289 e. The lowest BCUT2D eigenvalue weighted by atomic mass is 10.1.